The molecule has 12 heteroatoms. The monoisotopic (exact) mass is 485 g/mol. The molecule has 0 unspecified atom stereocenters. The molecule has 174 valence electrons. The lowest BCUT2D eigenvalue weighted by Crippen LogP contribution is -2.37. The fourth-order valence-electron chi connectivity index (χ4n) is 3.46. The minimum absolute atomic E-state index is 0.0371. The lowest BCUT2D eigenvalue weighted by atomic mass is 10.2. The Morgan fingerprint density at radius 1 is 1.12 bits per heavy atom. The number of esters is 1. The van der Waals surface area contributed by atoms with E-state index in [0.717, 1.165) is 37.0 Å². The number of benzene rings is 1. The van der Waals surface area contributed by atoms with E-state index in [9.17, 15) is 27.2 Å². The minimum atomic E-state index is -4.03. The molecule has 0 saturated carbocycles. The van der Waals surface area contributed by atoms with Crippen molar-refractivity contribution in [2.24, 2.45) is 4.99 Å². The lowest BCUT2D eigenvalue weighted by molar-refractivity contribution is -0.141. The number of hydrogen-bond acceptors (Lipinski definition) is 7. The zero-order chi connectivity index (χ0) is 23.3. The van der Waals surface area contributed by atoms with Crippen LogP contribution in [0.15, 0.2) is 23.2 Å². The Hall–Kier alpha value is -2.60. The summed E-state index contributed by atoms with van der Waals surface area (Å²) in [6.45, 7) is 0.742. The molecule has 1 saturated heterocycles. The summed E-state index contributed by atoms with van der Waals surface area (Å²) in [5.74, 6) is -4.30. The number of carbonyl (C=O) groups is 3. The van der Waals surface area contributed by atoms with Crippen LogP contribution in [0.1, 0.15) is 25.7 Å². The van der Waals surface area contributed by atoms with Crippen molar-refractivity contribution in [3.05, 3.63) is 28.8 Å². The van der Waals surface area contributed by atoms with Crippen molar-refractivity contribution in [1.82, 2.24) is 9.47 Å². The van der Waals surface area contributed by atoms with Crippen molar-refractivity contribution in [2.45, 2.75) is 32.2 Å². The summed E-state index contributed by atoms with van der Waals surface area (Å²) in [5.41, 5.74) is 0.451. The van der Waals surface area contributed by atoms with Gasteiger partial charge in [-0.1, -0.05) is 24.2 Å². The number of aromatic nitrogens is 1. The van der Waals surface area contributed by atoms with Crippen molar-refractivity contribution in [1.29, 1.82) is 0 Å². The van der Waals surface area contributed by atoms with Gasteiger partial charge in [0.15, 0.2) is 14.6 Å². The summed E-state index contributed by atoms with van der Waals surface area (Å²) in [6, 6.07) is 3.87. The highest BCUT2D eigenvalue weighted by molar-refractivity contribution is 7.92. The molecule has 2 aromatic rings. The number of thiazole rings is 1. The molecule has 3 rings (SSSR count). The maximum Gasteiger partial charge on any atom is 0.325 e. The molecule has 1 aromatic heterocycles. The van der Waals surface area contributed by atoms with Gasteiger partial charge >= 0.3 is 5.97 Å². The van der Waals surface area contributed by atoms with E-state index in [2.05, 4.69) is 9.73 Å². The van der Waals surface area contributed by atoms with Gasteiger partial charge in [-0.3, -0.25) is 14.4 Å². The zero-order valence-electron chi connectivity index (χ0n) is 17.6. The first-order valence-electron chi connectivity index (χ1n) is 10.1. The summed E-state index contributed by atoms with van der Waals surface area (Å²) >= 11 is 0.942. The standard InChI is InChI=1S/C20H24FN3O6S2/c1-30-19(27)11-24-15-7-6-14(21)10-16(15)31-20(24)22-17(25)12-32(28,29)13-18(26)23-8-4-2-3-5-9-23/h6-7,10H,2-5,8-9,11-13H2,1H3. The average molecular weight is 486 g/mol. The maximum atomic E-state index is 13.6. The second-order valence-electron chi connectivity index (χ2n) is 7.49. The summed E-state index contributed by atoms with van der Waals surface area (Å²) in [5, 5.41) is 0. The van der Waals surface area contributed by atoms with Crippen LogP contribution in [0.25, 0.3) is 10.2 Å². The van der Waals surface area contributed by atoms with Crippen molar-refractivity contribution < 1.29 is 31.9 Å². The molecule has 1 aromatic carbocycles. The van der Waals surface area contributed by atoms with Gasteiger partial charge in [-0.2, -0.15) is 4.99 Å². The van der Waals surface area contributed by atoms with E-state index >= 15 is 0 Å². The van der Waals surface area contributed by atoms with Gasteiger partial charge < -0.3 is 14.2 Å². The molecule has 2 amide bonds. The number of sulfone groups is 1. The molecule has 1 fully saturated rings. The van der Waals surface area contributed by atoms with Gasteiger partial charge in [-0.05, 0) is 31.0 Å². The number of halogens is 1. The van der Waals surface area contributed by atoms with E-state index in [-0.39, 0.29) is 11.3 Å². The predicted octanol–water partition coefficient (Wildman–Crippen LogP) is 1.26. The third kappa shape index (κ3) is 6.22. The quantitative estimate of drug-likeness (QED) is 0.569. The number of amides is 2. The average Bonchev–Trinajstić information content (AvgIpc) is 2.89. The van der Waals surface area contributed by atoms with E-state index in [1.807, 2.05) is 0 Å². The molecule has 1 aliphatic rings. The highest BCUT2D eigenvalue weighted by Crippen LogP contribution is 2.19. The number of ether oxygens (including phenoxy) is 1. The summed E-state index contributed by atoms with van der Waals surface area (Å²) in [6.07, 6.45) is 3.65. The third-order valence-corrected chi connectivity index (χ3v) is 7.44. The van der Waals surface area contributed by atoms with E-state index in [1.54, 1.807) is 0 Å². The summed E-state index contributed by atoms with van der Waals surface area (Å²) in [4.78, 5) is 42.0. The van der Waals surface area contributed by atoms with Crippen LogP contribution in [-0.2, 0) is 35.5 Å². The van der Waals surface area contributed by atoms with E-state index in [4.69, 9.17) is 0 Å². The fraction of sp³-hybridized carbons (Fsp3) is 0.500. The Morgan fingerprint density at radius 3 is 2.47 bits per heavy atom. The molecule has 0 atom stereocenters. The lowest BCUT2D eigenvalue weighted by Gasteiger charge is -2.19. The normalized spacial score (nSPS) is 15.6. The SMILES string of the molecule is COC(=O)Cn1c(=NC(=O)CS(=O)(=O)CC(=O)N2CCCCCC2)sc2cc(F)ccc21. The topological polar surface area (TPSA) is 115 Å². The van der Waals surface area contributed by atoms with Crippen molar-refractivity contribution in [2.75, 3.05) is 31.7 Å². The smallest absolute Gasteiger partial charge is 0.325 e. The molecule has 9 nitrogen and oxygen atoms in total. The minimum Gasteiger partial charge on any atom is -0.468 e. The van der Waals surface area contributed by atoms with Gasteiger partial charge in [0, 0.05) is 13.1 Å². The van der Waals surface area contributed by atoms with E-state index < -0.39 is 44.9 Å². The van der Waals surface area contributed by atoms with E-state index in [0.29, 0.717) is 23.3 Å². The van der Waals surface area contributed by atoms with Gasteiger partial charge in [0.05, 0.1) is 17.3 Å². The number of carbonyl (C=O) groups excluding carboxylic acids is 3. The Balaban J connectivity index is 1.81. The van der Waals surface area contributed by atoms with Crippen molar-refractivity contribution in [3.63, 3.8) is 0 Å². The molecular formula is C20H24FN3O6S2. The van der Waals surface area contributed by atoms with Gasteiger partial charge in [0.1, 0.15) is 23.9 Å². The highest BCUT2D eigenvalue weighted by Gasteiger charge is 2.25. The molecule has 0 N–H and O–H groups in total. The molecule has 1 aliphatic heterocycles. The molecule has 0 radical (unpaired) electrons. The maximum absolute atomic E-state index is 13.6. The van der Waals surface area contributed by atoms with Crippen molar-refractivity contribution >= 4 is 49.2 Å². The molecule has 2 heterocycles. The van der Waals surface area contributed by atoms with Crippen LogP contribution < -0.4 is 4.80 Å². The van der Waals surface area contributed by atoms with Crippen LogP contribution in [0.5, 0.6) is 0 Å². The number of methoxy groups -OCH3 is 1. The zero-order valence-corrected chi connectivity index (χ0v) is 19.2. The van der Waals surface area contributed by atoms with Crippen LogP contribution in [0.3, 0.4) is 0 Å². The predicted molar refractivity (Wildman–Crippen MR) is 116 cm³/mol. The number of hydrogen-bond donors (Lipinski definition) is 0. The third-order valence-electron chi connectivity index (χ3n) is 5.03. The molecule has 0 spiro atoms. The Morgan fingerprint density at radius 2 is 1.81 bits per heavy atom. The van der Waals surface area contributed by atoms with Crippen LogP contribution >= 0.6 is 11.3 Å². The van der Waals surface area contributed by atoms with Crippen LogP contribution in [0.2, 0.25) is 0 Å². The van der Waals surface area contributed by atoms with Gasteiger partial charge in [-0.15, -0.1) is 0 Å². The molecule has 0 aliphatic carbocycles. The number of likely N-dealkylation sites (tertiary alicyclic amines) is 1. The van der Waals surface area contributed by atoms with E-state index in [1.165, 1.54) is 34.8 Å². The number of rotatable bonds is 6. The van der Waals surface area contributed by atoms with Gasteiger partial charge in [0.25, 0.3) is 5.91 Å². The summed E-state index contributed by atoms with van der Waals surface area (Å²) < 4.78 is 44.9. The Labute approximate surface area is 188 Å². The van der Waals surface area contributed by atoms with Crippen LogP contribution in [0, 0.1) is 5.82 Å². The second-order valence-corrected chi connectivity index (χ2v) is 10.6. The molecule has 0 bridgehead atoms. The van der Waals surface area contributed by atoms with Crippen molar-refractivity contribution in [3.8, 4) is 0 Å². The fourth-order valence-corrected chi connectivity index (χ4v) is 5.63. The second kappa shape index (κ2) is 10.3. The van der Waals surface area contributed by atoms with Gasteiger partial charge in [-0.25, -0.2) is 12.8 Å². The highest BCUT2D eigenvalue weighted by atomic mass is 32.2. The Kier molecular flexibility index (Phi) is 7.77. The Bertz CT molecular complexity index is 1190. The largest absolute Gasteiger partial charge is 0.468 e. The van der Waals surface area contributed by atoms with Crippen LogP contribution in [0.4, 0.5) is 4.39 Å². The number of fused-ring (bicyclic) bond motifs is 1. The van der Waals surface area contributed by atoms with Gasteiger partial charge in [0.2, 0.25) is 5.91 Å². The first-order chi connectivity index (χ1) is 15.2. The molecule has 32 heavy (non-hydrogen) atoms. The van der Waals surface area contributed by atoms with Crippen LogP contribution in [-0.4, -0.2) is 67.4 Å². The first kappa shape index (κ1) is 24.1. The summed E-state index contributed by atoms with van der Waals surface area (Å²) in [7, 11) is -2.83. The molecular weight excluding hydrogens is 461 g/mol. The first-order valence-corrected chi connectivity index (χ1v) is 12.7. The number of nitrogens with zero attached hydrogens (tertiary/aromatic N) is 3.